The topological polar surface area (TPSA) is 65.1 Å². The molecule has 38 heavy (non-hydrogen) atoms. The van der Waals surface area contributed by atoms with E-state index in [0.29, 0.717) is 37.1 Å². The SMILES string of the molecule is C=CC1=C(C)C(=O)N(CCCCOC(c2ccccc2)(c2ccc(OC)cc2)c2ccc(OC)cc2)C1=O. The van der Waals surface area contributed by atoms with E-state index in [1.807, 2.05) is 66.7 Å². The summed E-state index contributed by atoms with van der Waals surface area (Å²) in [5, 5.41) is 0. The van der Waals surface area contributed by atoms with Crippen molar-refractivity contribution in [3.05, 3.63) is 119 Å². The maximum atomic E-state index is 12.6. The molecule has 0 aromatic heterocycles. The minimum absolute atomic E-state index is 0.249. The Hall–Kier alpha value is -4.16. The van der Waals surface area contributed by atoms with E-state index >= 15 is 0 Å². The fraction of sp³-hybridized carbons (Fsp3) is 0.250. The summed E-state index contributed by atoms with van der Waals surface area (Å²) < 4.78 is 17.6. The molecule has 3 aromatic rings. The Morgan fingerprint density at radius 2 is 1.29 bits per heavy atom. The first-order valence-corrected chi connectivity index (χ1v) is 12.6. The van der Waals surface area contributed by atoms with Gasteiger partial charge in [-0.15, -0.1) is 0 Å². The lowest BCUT2D eigenvalue weighted by Crippen LogP contribution is -2.34. The molecular weight excluding hydrogens is 478 g/mol. The summed E-state index contributed by atoms with van der Waals surface area (Å²) in [6.07, 6.45) is 2.72. The normalized spacial score (nSPS) is 13.7. The lowest BCUT2D eigenvalue weighted by atomic mass is 9.80. The first kappa shape index (κ1) is 26.9. The molecule has 0 bridgehead atoms. The van der Waals surface area contributed by atoms with Crippen molar-refractivity contribution < 1.29 is 23.8 Å². The molecule has 0 saturated carbocycles. The van der Waals surface area contributed by atoms with Crippen LogP contribution in [0.3, 0.4) is 0 Å². The van der Waals surface area contributed by atoms with Crippen LogP contribution in [0.15, 0.2) is 103 Å². The van der Waals surface area contributed by atoms with Crippen LogP contribution in [0, 0.1) is 0 Å². The van der Waals surface area contributed by atoms with E-state index in [0.717, 1.165) is 28.2 Å². The van der Waals surface area contributed by atoms with Gasteiger partial charge in [-0.3, -0.25) is 14.5 Å². The molecule has 2 amide bonds. The Balaban J connectivity index is 1.61. The van der Waals surface area contributed by atoms with Crippen molar-refractivity contribution >= 4 is 11.8 Å². The highest BCUT2D eigenvalue weighted by atomic mass is 16.5. The standard InChI is InChI=1S/C32H33NO5/c1-5-29-23(2)30(34)33(31(29)35)21-9-10-22-38-32(24-11-7-6-8-12-24,25-13-17-27(36-3)18-14-25)26-15-19-28(37-4)20-16-26/h5-8,11-20H,1,9-10,21-22H2,2-4H3. The number of hydrogen-bond donors (Lipinski definition) is 0. The van der Waals surface area contributed by atoms with Crippen molar-refractivity contribution in [2.45, 2.75) is 25.4 Å². The molecule has 0 spiro atoms. The number of amides is 2. The fourth-order valence-corrected chi connectivity index (χ4v) is 4.83. The van der Waals surface area contributed by atoms with E-state index < -0.39 is 5.60 Å². The van der Waals surface area contributed by atoms with Crippen LogP contribution in [0.5, 0.6) is 11.5 Å². The minimum atomic E-state index is -0.896. The summed E-state index contributed by atoms with van der Waals surface area (Å²) in [6, 6.07) is 25.9. The Labute approximate surface area is 224 Å². The van der Waals surface area contributed by atoms with Crippen molar-refractivity contribution in [3.63, 3.8) is 0 Å². The first-order chi connectivity index (χ1) is 18.5. The fourth-order valence-electron chi connectivity index (χ4n) is 4.83. The number of ether oxygens (including phenoxy) is 3. The third-order valence-corrected chi connectivity index (χ3v) is 6.92. The van der Waals surface area contributed by atoms with Gasteiger partial charge in [0.15, 0.2) is 0 Å². The smallest absolute Gasteiger partial charge is 0.261 e. The van der Waals surface area contributed by atoms with Crippen LogP contribution in [0.2, 0.25) is 0 Å². The van der Waals surface area contributed by atoms with Crippen molar-refractivity contribution in [2.24, 2.45) is 0 Å². The second-order valence-electron chi connectivity index (χ2n) is 9.06. The highest BCUT2D eigenvalue weighted by Gasteiger charge is 2.38. The van der Waals surface area contributed by atoms with Gasteiger partial charge in [-0.05, 0) is 60.7 Å². The zero-order valence-electron chi connectivity index (χ0n) is 22.1. The molecule has 1 aliphatic rings. The van der Waals surface area contributed by atoms with Crippen LogP contribution in [0.4, 0.5) is 0 Å². The maximum absolute atomic E-state index is 12.6. The number of carbonyl (C=O) groups is 2. The van der Waals surface area contributed by atoms with Crippen LogP contribution < -0.4 is 9.47 Å². The summed E-state index contributed by atoms with van der Waals surface area (Å²) in [7, 11) is 3.29. The number of imide groups is 1. The summed E-state index contributed by atoms with van der Waals surface area (Å²) in [5.41, 5.74) is 2.82. The van der Waals surface area contributed by atoms with E-state index in [1.54, 1.807) is 21.1 Å². The molecule has 196 valence electrons. The molecule has 1 aliphatic heterocycles. The van der Waals surface area contributed by atoms with Gasteiger partial charge in [0.1, 0.15) is 17.1 Å². The van der Waals surface area contributed by atoms with E-state index in [2.05, 4.69) is 18.7 Å². The Morgan fingerprint density at radius 1 is 0.763 bits per heavy atom. The number of nitrogens with zero attached hydrogens (tertiary/aromatic N) is 1. The molecule has 0 N–H and O–H groups in total. The van der Waals surface area contributed by atoms with E-state index in [-0.39, 0.29) is 11.8 Å². The van der Waals surface area contributed by atoms with Gasteiger partial charge in [-0.25, -0.2) is 0 Å². The highest BCUT2D eigenvalue weighted by molar-refractivity contribution is 6.20. The number of benzene rings is 3. The van der Waals surface area contributed by atoms with Crippen molar-refractivity contribution in [3.8, 4) is 11.5 Å². The average Bonchev–Trinajstić information content (AvgIpc) is 3.17. The van der Waals surface area contributed by atoms with Gasteiger partial charge in [0.05, 0.1) is 14.2 Å². The van der Waals surface area contributed by atoms with Crippen LogP contribution in [0.25, 0.3) is 0 Å². The summed E-state index contributed by atoms with van der Waals surface area (Å²) in [4.78, 5) is 26.4. The van der Waals surface area contributed by atoms with Gasteiger partial charge < -0.3 is 14.2 Å². The van der Waals surface area contributed by atoms with Crippen molar-refractivity contribution in [1.82, 2.24) is 4.90 Å². The maximum Gasteiger partial charge on any atom is 0.261 e. The Morgan fingerprint density at radius 3 is 1.76 bits per heavy atom. The molecule has 6 heteroatoms. The third-order valence-electron chi connectivity index (χ3n) is 6.92. The molecule has 6 nitrogen and oxygen atoms in total. The number of hydrogen-bond acceptors (Lipinski definition) is 5. The molecule has 4 rings (SSSR count). The third kappa shape index (κ3) is 5.13. The van der Waals surface area contributed by atoms with Crippen LogP contribution in [-0.4, -0.2) is 44.1 Å². The quantitative estimate of drug-likeness (QED) is 0.178. The molecule has 1 heterocycles. The van der Waals surface area contributed by atoms with Gasteiger partial charge in [-0.2, -0.15) is 0 Å². The second kappa shape index (κ2) is 11.9. The predicted octanol–water partition coefficient (Wildman–Crippen LogP) is 5.66. The Kier molecular flexibility index (Phi) is 8.44. The number of unbranched alkanes of at least 4 members (excludes halogenated alkanes) is 1. The molecule has 0 atom stereocenters. The molecule has 0 saturated heterocycles. The van der Waals surface area contributed by atoms with Crippen molar-refractivity contribution in [1.29, 1.82) is 0 Å². The zero-order chi connectivity index (χ0) is 27.1. The molecule has 3 aromatic carbocycles. The van der Waals surface area contributed by atoms with Crippen molar-refractivity contribution in [2.75, 3.05) is 27.4 Å². The van der Waals surface area contributed by atoms with Gasteiger partial charge in [0.25, 0.3) is 11.8 Å². The molecule has 0 unspecified atom stereocenters. The minimum Gasteiger partial charge on any atom is -0.497 e. The second-order valence-corrected chi connectivity index (χ2v) is 9.06. The van der Waals surface area contributed by atoms with Gasteiger partial charge in [0.2, 0.25) is 0 Å². The lowest BCUT2D eigenvalue weighted by Gasteiger charge is -2.36. The summed E-state index contributed by atoms with van der Waals surface area (Å²) in [6.45, 7) is 6.07. The van der Waals surface area contributed by atoms with E-state index in [9.17, 15) is 9.59 Å². The highest BCUT2D eigenvalue weighted by Crippen LogP contribution is 2.41. The van der Waals surface area contributed by atoms with E-state index in [1.165, 1.54) is 11.0 Å². The largest absolute Gasteiger partial charge is 0.497 e. The number of methoxy groups -OCH3 is 2. The van der Waals surface area contributed by atoms with E-state index in [4.69, 9.17) is 14.2 Å². The van der Waals surface area contributed by atoms with Gasteiger partial charge in [-0.1, -0.05) is 67.3 Å². The summed E-state index contributed by atoms with van der Waals surface area (Å²) in [5.74, 6) is 0.987. The molecular formula is C32H33NO5. The monoisotopic (exact) mass is 511 g/mol. The summed E-state index contributed by atoms with van der Waals surface area (Å²) >= 11 is 0. The predicted molar refractivity (Wildman–Crippen MR) is 147 cm³/mol. The van der Waals surface area contributed by atoms with Crippen LogP contribution in [-0.2, 0) is 19.9 Å². The molecule has 0 aliphatic carbocycles. The van der Waals surface area contributed by atoms with Crippen LogP contribution >= 0.6 is 0 Å². The average molecular weight is 512 g/mol. The van der Waals surface area contributed by atoms with Crippen LogP contribution in [0.1, 0.15) is 36.5 Å². The zero-order valence-corrected chi connectivity index (χ0v) is 22.1. The molecule has 0 radical (unpaired) electrons. The lowest BCUT2D eigenvalue weighted by molar-refractivity contribution is -0.137. The van der Waals surface area contributed by atoms with Gasteiger partial charge in [0, 0.05) is 24.3 Å². The number of rotatable bonds is 12. The first-order valence-electron chi connectivity index (χ1n) is 12.6. The van der Waals surface area contributed by atoms with Gasteiger partial charge >= 0.3 is 0 Å². The number of carbonyl (C=O) groups excluding carboxylic acids is 2. The Bertz CT molecular complexity index is 1260. The molecule has 0 fully saturated rings.